The van der Waals surface area contributed by atoms with Gasteiger partial charge in [0.05, 0.1) is 0 Å². The van der Waals surface area contributed by atoms with Crippen LogP contribution in [-0.2, 0) is 28.8 Å². The fraction of sp³-hybridized carbons (Fsp3) is 0. The van der Waals surface area contributed by atoms with Gasteiger partial charge >= 0.3 is 44.9 Å². The van der Waals surface area contributed by atoms with Gasteiger partial charge in [-0.2, -0.15) is 0 Å². The largest absolute Gasteiger partial charge is 0.668 e. The highest BCUT2D eigenvalue weighted by Gasteiger charge is 2.22. The SMILES string of the molecule is O=C(O)C(=O)O.O=C(O)C(=O)O.O=C(O)C(=O)O.O[Si](O)(O)O. The lowest BCUT2D eigenvalue weighted by molar-refractivity contribution is -0.159. The van der Waals surface area contributed by atoms with E-state index < -0.39 is 44.9 Å². The zero-order valence-electron chi connectivity index (χ0n) is 10.4. The summed E-state index contributed by atoms with van der Waals surface area (Å²) < 4.78 is 0. The minimum Gasteiger partial charge on any atom is -0.473 e. The first kappa shape index (κ1) is 28.1. The standard InChI is InChI=1S/3C2H2O4.H4O4Si/c3*3-1(4)2(5)6;1-5(2,3)4/h3*(H,3,4)(H,5,6);1-4H. The van der Waals surface area contributed by atoms with E-state index in [2.05, 4.69) is 0 Å². The number of carbonyl (C=O) groups is 6. The van der Waals surface area contributed by atoms with Crippen LogP contribution < -0.4 is 0 Å². The van der Waals surface area contributed by atoms with Crippen molar-refractivity contribution in [3.8, 4) is 0 Å². The second-order valence-electron chi connectivity index (χ2n) is 2.43. The molecule has 0 saturated carbocycles. The van der Waals surface area contributed by atoms with Gasteiger partial charge in [0.1, 0.15) is 0 Å². The van der Waals surface area contributed by atoms with Crippen molar-refractivity contribution in [3.63, 3.8) is 0 Å². The molecule has 0 aliphatic rings. The zero-order valence-corrected chi connectivity index (χ0v) is 11.4. The van der Waals surface area contributed by atoms with E-state index in [4.69, 9.17) is 78.6 Å². The molecule has 0 saturated heterocycles. The Balaban J connectivity index is -0.000000105. The first-order chi connectivity index (χ1) is 9.93. The van der Waals surface area contributed by atoms with E-state index in [9.17, 15) is 0 Å². The van der Waals surface area contributed by atoms with Crippen molar-refractivity contribution in [2.45, 2.75) is 0 Å². The van der Waals surface area contributed by atoms with Gasteiger partial charge in [0.2, 0.25) is 0 Å². The van der Waals surface area contributed by atoms with Gasteiger partial charge < -0.3 is 49.8 Å². The van der Waals surface area contributed by atoms with Gasteiger partial charge in [0.15, 0.2) is 0 Å². The number of carboxylic acid groups (broad SMARTS) is 6. The van der Waals surface area contributed by atoms with Gasteiger partial charge in [0.25, 0.3) is 0 Å². The second kappa shape index (κ2) is 13.8. The Morgan fingerprint density at radius 3 is 0.435 bits per heavy atom. The second-order valence-corrected chi connectivity index (χ2v) is 3.63. The van der Waals surface area contributed by atoms with Crippen LogP contribution in [0.25, 0.3) is 0 Å². The summed E-state index contributed by atoms with van der Waals surface area (Å²) in [5.41, 5.74) is 0. The van der Waals surface area contributed by atoms with Crippen molar-refractivity contribution in [1.29, 1.82) is 0 Å². The first-order valence-corrected chi connectivity index (χ1v) is 6.00. The summed E-state index contributed by atoms with van der Waals surface area (Å²) in [6, 6.07) is 0. The smallest absolute Gasteiger partial charge is 0.473 e. The molecule has 0 rings (SSSR count). The molecule has 0 amide bonds. The Morgan fingerprint density at radius 2 is 0.435 bits per heavy atom. The van der Waals surface area contributed by atoms with Crippen molar-refractivity contribution in [2.24, 2.45) is 0 Å². The summed E-state index contributed by atoms with van der Waals surface area (Å²) >= 11 is 0. The molecule has 23 heavy (non-hydrogen) atoms. The molecule has 10 N–H and O–H groups in total. The van der Waals surface area contributed by atoms with Crippen molar-refractivity contribution < 1.29 is 78.6 Å². The average molecular weight is 366 g/mol. The molecule has 0 spiro atoms. The van der Waals surface area contributed by atoms with Gasteiger partial charge in [-0.1, -0.05) is 0 Å². The molecule has 0 fully saturated rings. The number of carboxylic acids is 6. The Labute approximate surface area is 124 Å². The Bertz CT molecular complexity index is 345. The van der Waals surface area contributed by atoms with Crippen LogP contribution in [-0.4, -0.2) is 94.7 Å². The Hall–Kier alpha value is -3.12. The number of aliphatic carboxylic acids is 6. The lowest BCUT2D eigenvalue weighted by Crippen LogP contribution is -2.33. The first-order valence-electron chi connectivity index (χ1n) is 4.21. The topological polar surface area (TPSA) is 305 Å². The lowest BCUT2D eigenvalue weighted by Gasteiger charge is -1.91. The molecule has 0 radical (unpaired) electrons. The average Bonchev–Trinajstić information content (AvgIpc) is 2.27. The molecule has 17 heteroatoms. The van der Waals surface area contributed by atoms with Gasteiger partial charge in [-0.05, 0) is 0 Å². The fourth-order valence-corrected chi connectivity index (χ4v) is 0. The van der Waals surface area contributed by atoms with Crippen molar-refractivity contribution >= 4 is 44.9 Å². The molecule has 0 aliphatic carbocycles. The van der Waals surface area contributed by atoms with E-state index >= 15 is 0 Å². The quantitative estimate of drug-likeness (QED) is 0.141. The highest BCUT2D eigenvalue weighted by molar-refractivity contribution is 6.46. The normalized spacial score (nSPS) is 8.35. The van der Waals surface area contributed by atoms with Crippen LogP contribution in [0.1, 0.15) is 0 Å². The monoisotopic (exact) mass is 366 g/mol. The molecule has 0 aromatic carbocycles. The molecular weight excluding hydrogens is 356 g/mol. The van der Waals surface area contributed by atoms with Crippen molar-refractivity contribution in [3.05, 3.63) is 0 Å². The van der Waals surface area contributed by atoms with Crippen LogP contribution in [0, 0.1) is 0 Å². The summed E-state index contributed by atoms with van der Waals surface area (Å²) in [5, 5.41) is 44.3. The minimum absolute atomic E-state index is 1.82. The molecule has 0 aliphatic heterocycles. The maximum Gasteiger partial charge on any atom is 0.668 e. The molecule has 0 heterocycles. The lowest BCUT2D eigenvalue weighted by atomic mass is 10.7. The van der Waals surface area contributed by atoms with Crippen LogP contribution in [0.3, 0.4) is 0 Å². The number of hydrogen-bond acceptors (Lipinski definition) is 10. The third-order valence-electron chi connectivity index (χ3n) is 0.549. The van der Waals surface area contributed by atoms with Crippen LogP contribution >= 0.6 is 0 Å². The molecule has 0 atom stereocenters. The van der Waals surface area contributed by atoms with Crippen LogP contribution in [0.5, 0.6) is 0 Å². The number of hydrogen-bond donors (Lipinski definition) is 10. The summed E-state index contributed by atoms with van der Waals surface area (Å²) in [6.45, 7) is 0. The molecule has 134 valence electrons. The molecule has 0 bridgehead atoms. The van der Waals surface area contributed by atoms with Crippen LogP contribution in [0.2, 0.25) is 0 Å². The van der Waals surface area contributed by atoms with E-state index in [1.807, 2.05) is 0 Å². The molecule has 0 aromatic heterocycles. The van der Waals surface area contributed by atoms with Crippen LogP contribution in [0.4, 0.5) is 0 Å². The molecule has 0 unspecified atom stereocenters. The summed E-state index contributed by atoms with van der Waals surface area (Å²) in [6.07, 6.45) is 0. The van der Waals surface area contributed by atoms with Gasteiger partial charge in [0, 0.05) is 0 Å². The van der Waals surface area contributed by atoms with Crippen molar-refractivity contribution in [1.82, 2.24) is 0 Å². The Morgan fingerprint density at radius 1 is 0.391 bits per heavy atom. The summed E-state index contributed by atoms with van der Waals surface area (Å²) in [4.78, 5) is 83.9. The van der Waals surface area contributed by atoms with Gasteiger partial charge in [-0.3, -0.25) is 0 Å². The summed E-state index contributed by atoms with van der Waals surface area (Å²) in [5.74, 6) is -10.9. The molecule has 16 nitrogen and oxygen atoms in total. The molecular formula is C6H10O16Si. The van der Waals surface area contributed by atoms with E-state index in [-0.39, 0.29) is 0 Å². The predicted molar refractivity (Wildman–Crippen MR) is 60.4 cm³/mol. The highest BCUT2D eigenvalue weighted by Crippen LogP contribution is 1.67. The van der Waals surface area contributed by atoms with Crippen LogP contribution in [0.15, 0.2) is 0 Å². The molecule has 0 aromatic rings. The maximum absolute atomic E-state index is 9.10. The minimum atomic E-state index is -4.61. The van der Waals surface area contributed by atoms with E-state index in [1.165, 1.54) is 0 Å². The summed E-state index contributed by atoms with van der Waals surface area (Å²) in [7, 11) is -4.61. The maximum atomic E-state index is 9.10. The Kier molecular flexibility index (Phi) is 16.9. The predicted octanol–water partition coefficient (Wildman–Crippen LogP) is -5.14. The van der Waals surface area contributed by atoms with E-state index in [0.29, 0.717) is 0 Å². The van der Waals surface area contributed by atoms with Gasteiger partial charge in [-0.25, -0.2) is 28.8 Å². The van der Waals surface area contributed by atoms with E-state index in [0.717, 1.165) is 0 Å². The van der Waals surface area contributed by atoms with Gasteiger partial charge in [-0.15, -0.1) is 0 Å². The fourth-order valence-electron chi connectivity index (χ4n) is 0. The number of rotatable bonds is 0. The third kappa shape index (κ3) is 68.2. The van der Waals surface area contributed by atoms with E-state index in [1.54, 1.807) is 0 Å². The highest BCUT2D eigenvalue weighted by atomic mass is 28.4. The van der Waals surface area contributed by atoms with Crippen molar-refractivity contribution in [2.75, 3.05) is 0 Å². The third-order valence-corrected chi connectivity index (χ3v) is 0.549. The zero-order chi connectivity index (χ0) is 20.0.